The molecule has 0 aliphatic carbocycles. The molecule has 2 aromatic rings. The molecule has 0 aromatic heterocycles. The van der Waals surface area contributed by atoms with E-state index in [1.165, 1.54) is 23.3 Å². The van der Waals surface area contributed by atoms with Gasteiger partial charge in [-0.3, -0.25) is 0 Å². The third kappa shape index (κ3) is 14.4. The molecule has 0 atom stereocenters. The fourth-order valence-electron chi connectivity index (χ4n) is 2.27. The van der Waals surface area contributed by atoms with Gasteiger partial charge < -0.3 is 0 Å². The maximum Gasteiger partial charge on any atom is 0.0175 e. The lowest BCUT2D eigenvalue weighted by atomic mass is 10.0. The van der Waals surface area contributed by atoms with Gasteiger partial charge in [-0.1, -0.05) is 99.9 Å². The molecule has 2 rings (SSSR count). The maximum atomic E-state index is 3.39. The molecule has 0 saturated heterocycles. The van der Waals surface area contributed by atoms with Crippen LogP contribution in [0.4, 0.5) is 0 Å². The first kappa shape index (κ1) is 25.3. The van der Waals surface area contributed by atoms with Gasteiger partial charge in [0.15, 0.2) is 0 Å². The molecular weight excluding hydrogens is 400 g/mol. The summed E-state index contributed by atoms with van der Waals surface area (Å²) in [6.07, 6.45) is 3.33. The van der Waals surface area contributed by atoms with Gasteiger partial charge in [0, 0.05) is 4.47 Å². The SMILES string of the molecule is CC(C)Cc1ccccc1.CC(C)c1ccc(Br)cc1.CSCC(C)C. The van der Waals surface area contributed by atoms with Gasteiger partial charge in [0.2, 0.25) is 0 Å². The molecule has 2 aromatic carbocycles. The molecule has 2 heteroatoms. The van der Waals surface area contributed by atoms with Crippen LogP contribution in [0.3, 0.4) is 0 Å². The van der Waals surface area contributed by atoms with Crippen molar-refractivity contribution in [2.24, 2.45) is 11.8 Å². The topological polar surface area (TPSA) is 0 Å². The van der Waals surface area contributed by atoms with Gasteiger partial charge in [0.05, 0.1) is 0 Å². The van der Waals surface area contributed by atoms with E-state index in [2.05, 4.69) is 118 Å². The number of rotatable bonds is 5. The predicted molar refractivity (Wildman–Crippen MR) is 126 cm³/mol. The smallest absolute Gasteiger partial charge is 0.0175 e. The highest BCUT2D eigenvalue weighted by atomic mass is 79.9. The molecule has 0 amide bonds. The van der Waals surface area contributed by atoms with Crippen LogP contribution in [0.2, 0.25) is 0 Å². The Hall–Kier alpha value is -0.730. The fourth-order valence-corrected chi connectivity index (χ4v) is 3.20. The molecule has 26 heavy (non-hydrogen) atoms. The Bertz CT molecular complexity index is 544. The van der Waals surface area contributed by atoms with Gasteiger partial charge >= 0.3 is 0 Å². The van der Waals surface area contributed by atoms with Crippen LogP contribution in [0.15, 0.2) is 59.1 Å². The van der Waals surface area contributed by atoms with Crippen LogP contribution in [0.1, 0.15) is 58.6 Å². The van der Waals surface area contributed by atoms with Gasteiger partial charge in [-0.25, -0.2) is 0 Å². The summed E-state index contributed by atoms with van der Waals surface area (Å²) in [6, 6.07) is 19.1. The van der Waals surface area contributed by atoms with Crippen LogP contribution in [0.25, 0.3) is 0 Å². The molecule has 0 nitrogen and oxygen atoms in total. The number of hydrogen-bond donors (Lipinski definition) is 0. The monoisotopic (exact) mass is 436 g/mol. The maximum absolute atomic E-state index is 3.39. The van der Waals surface area contributed by atoms with Gasteiger partial charge in [-0.2, -0.15) is 11.8 Å². The first-order chi connectivity index (χ1) is 12.3. The first-order valence-corrected chi connectivity index (χ1v) is 11.7. The molecule has 0 aliphatic rings. The van der Waals surface area contributed by atoms with Crippen LogP contribution in [0, 0.1) is 11.8 Å². The van der Waals surface area contributed by atoms with Crippen LogP contribution >= 0.6 is 27.7 Å². The third-order valence-electron chi connectivity index (χ3n) is 3.52. The second-order valence-corrected chi connectivity index (χ2v) is 9.47. The lowest BCUT2D eigenvalue weighted by Crippen LogP contribution is -1.92. The fraction of sp³-hybridized carbons (Fsp3) is 0.500. The molecular formula is C24H37BrS. The number of halogens is 1. The second-order valence-electron chi connectivity index (χ2n) is 7.64. The summed E-state index contributed by atoms with van der Waals surface area (Å²) in [6.45, 7) is 13.3. The molecule has 0 radical (unpaired) electrons. The molecule has 0 spiro atoms. The quantitative estimate of drug-likeness (QED) is 0.452. The summed E-state index contributed by atoms with van der Waals surface area (Å²) in [5.41, 5.74) is 2.83. The molecule has 0 bridgehead atoms. The summed E-state index contributed by atoms with van der Waals surface area (Å²) in [5, 5.41) is 0. The number of benzene rings is 2. The predicted octanol–water partition coefficient (Wildman–Crippen LogP) is 8.46. The standard InChI is InChI=1S/C10H14.C9H11Br.C5H12S/c1-9(2)8-10-6-4-3-5-7-10;1-7(2)8-3-5-9(10)6-4-8;1-5(2)4-6-3/h3-7,9H,8H2,1-2H3;3-7H,1-2H3;5H,4H2,1-3H3. The molecule has 0 aliphatic heterocycles. The Morgan fingerprint density at radius 1 is 0.769 bits per heavy atom. The highest BCUT2D eigenvalue weighted by Crippen LogP contribution is 2.17. The van der Waals surface area contributed by atoms with E-state index in [1.54, 1.807) is 0 Å². The van der Waals surface area contributed by atoms with Crippen molar-refractivity contribution in [2.75, 3.05) is 12.0 Å². The van der Waals surface area contributed by atoms with E-state index < -0.39 is 0 Å². The molecule has 0 heterocycles. The van der Waals surface area contributed by atoms with E-state index >= 15 is 0 Å². The largest absolute Gasteiger partial charge is 0.165 e. The Morgan fingerprint density at radius 2 is 1.31 bits per heavy atom. The molecule has 0 N–H and O–H groups in total. The van der Waals surface area contributed by atoms with Gasteiger partial charge in [0.1, 0.15) is 0 Å². The van der Waals surface area contributed by atoms with Crippen molar-refractivity contribution in [3.8, 4) is 0 Å². The third-order valence-corrected chi connectivity index (χ3v) is 5.05. The molecule has 0 fully saturated rings. The summed E-state index contributed by atoms with van der Waals surface area (Å²) < 4.78 is 1.15. The van der Waals surface area contributed by atoms with E-state index in [9.17, 15) is 0 Å². The van der Waals surface area contributed by atoms with E-state index in [1.807, 2.05) is 11.8 Å². The van der Waals surface area contributed by atoms with Crippen molar-refractivity contribution in [3.05, 3.63) is 70.2 Å². The Labute approximate surface area is 175 Å². The average molecular weight is 438 g/mol. The first-order valence-electron chi connectivity index (χ1n) is 9.54. The summed E-state index contributed by atoms with van der Waals surface area (Å²) in [5.74, 6) is 3.55. The van der Waals surface area contributed by atoms with Gasteiger partial charge in [-0.05, 0) is 59.4 Å². The van der Waals surface area contributed by atoms with E-state index in [0.717, 1.165) is 16.3 Å². The van der Waals surface area contributed by atoms with Crippen LogP contribution in [-0.4, -0.2) is 12.0 Å². The molecule has 146 valence electrons. The summed E-state index contributed by atoms with van der Waals surface area (Å²) >= 11 is 5.30. The second kappa shape index (κ2) is 15.3. The summed E-state index contributed by atoms with van der Waals surface area (Å²) in [4.78, 5) is 0. The van der Waals surface area contributed by atoms with Crippen molar-refractivity contribution < 1.29 is 0 Å². The Kier molecular flexibility index (Phi) is 14.9. The zero-order valence-electron chi connectivity index (χ0n) is 17.6. The zero-order chi connectivity index (χ0) is 19.9. The van der Waals surface area contributed by atoms with E-state index in [-0.39, 0.29) is 0 Å². The van der Waals surface area contributed by atoms with Crippen molar-refractivity contribution in [1.29, 1.82) is 0 Å². The lowest BCUT2D eigenvalue weighted by Gasteiger charge is -2.03. The van der Waals surface area contributed by atoms with E-state index in [4.69, 9.17) is 0 Å². The minimum absolute atomic E-state index is 0.632. The van der Waals surface area contributed by atoms with Crippen molar-refractivity contribution in [1.82, 2.24) is 0 Å². The van der Waals surface area contributed by atoms with Gasteiger partial charge in [0.25, 0.3) is 0 Å². The van der Waals surface area contributed by atoms with Crippen LogP contribution in [-0.2, 0) is 6.42 Å². The van der Waals surface area contributed by atoms with Gasteiger partial charge in [-0.15, -0.1) is 0 Å². The molecule has 0 saturated carbocycles. The minimum Gasteiger partial charge on any atom is -0.165 e. The van der Waals surface area contributed by atoms with Crippen LogP contribution < -0.4 is 0 Å². The normalized spacial score (nSPS) is 10.3. The highest BCUT2D eigenvalue weighted by molar-refractivity contribution is 9.10. The number of thioether (sulfide) groups is 1. The highest BCUT2D eigenvalue weighted by Gasteiger charge is 1.96. The van der Waals surface area contributed by atoms with Crippen molar-refractivity contribution in [2.45, 2.75) is 53.9 Å². The molecule has 0 unspecified atom stereocenters. The van der Waals surface area contributed by atoms with E-state index in [0.29, 0.717) is 5.92 Å². The lowest BCUT2D eigenvalue weighted by molar-refractivity contribution is 0.647. The average Bonchev–Trinajstić information content (AvgIpc) is 2.56. The zero-order valence-corrected chi connectivity index (χ0v) is 20.0. The van der Waals surface area contributed by atoms with Crippen molar-refractivity contribution in [3.63, 3.8) is 0 Å². The van der Waals surface area contributed by atoms with Crippen molar-refractivity contribution >= 4 is 27.7 Å². The number of hydrogen-bond acceptors (Lipinski definition) is 1. The summed E-state index contributed by atoms with van der Waals surface area (Å²) in [7, 11) is 0. The Balaban J connectivity index is 0.000000375. The Morgan fingerprint density at radius 3 is 1.65 bits per heavy atom. The minimum atomic E-state index is 0.632. The van der Waals surface area contributed by atoms with Crippen LogP contribution in [0.5, 0.6) is 0 Å².